The zero-order chi connectivity index (χ0) is 13.6. The molecule has 1 fully saturated rings. The maximum Gasteiger partial charge on any atom is 0.232 e. The molecule has 1 N–H and O–H groups in total. The highest BCUT2D eigenvalue weighted by atomic mass is 35.5. The fourth-order valence-corrected chi connectivity index (χ4v) is 4.12. The van der Waals surface area contributed by atoms with E-state index in [4.69, 9.17) is 23.2 Å². The lowest BCUT2D eigenvalue weighted by atomic mass is 9.74. The van der Waals surface area contributed by atoms with E-state index in [9.17, 15) is 4.79 Å². The Morgan fingerprint density at radius 3 is 2.79 bits per heavy atom. The smallest absolute Gasteiger partial charge is 0.232 e. The van der Waals surface area contributed by atoms with Gasteiger partial charge >= 0.3 is 0 Å². The van der Waals surface area contributed by atoms with Crippen molar-refractivity contribution < 1.29 is 4.79 Å². The summed E-state index contributed by atoms with van der Waals surface area (Å²) in [5, 5.41) is 4.07. The van der Waals surface area contributed by atoms with Crippen molar-refractivity contribution in [3.63, 3.8) is 0 Å². The van der Waals surface area contributed by atoms with E-state index in [1.54, 1.807) is 6.07 Å². The molecule has 2 nitrogen and oxygen atoms in total. The molecule has 4 heteroatoms. The summed E-state index contributed by atoms with van der Waals surface area (Å²) in [7, 11) is 0. The molecule has 0 saturated heterocycles. The summed E-state index contributed by atoms with van der Waals surface area (Å²) in [6, 6.07) is 3.58. The van der Waals surface area contributed by atoms with Gasteiger partial charge in [-0.2, -0.15) is 0 Å². The van der Waals surface area contributed by atoms with Crippen molar-refractivity contribution in [2.45, 2.75) is 38.5 Å². The fourth-order valence-electron chi connectivity index (χ4n) is 3.56. The molecule has 1 saturated carbocycles. The summed E-state index contributed by atoms with van der Waals surface area (Å²) >= 11 is 12.3. The zero-order valence-corrected chi connectivity index (χ0v) is 12.4. The van der Waals surface area contributed by atoms with Crippen molar-refractivity contribution in [1.29, 1.82) is 0 Å². The Morgan fingerprint density at radius 2 is 2.05 bits per heavy atom. The van der Waals surface area contributed by atoms with Crippen LogP contribution >= 0.6 is 23.2 Å². The van der Waals surface area contributed by atoms with Crippen LogP contribution in [0, 0.1) is 11.8 Å². The third-order valence-corrected chi connectivity index (χ3v) is 4.92. The lowest BCUT2D eigenvalue weighted by Crippen LogP contribution is -2.25. The van der Waals surface area contributed by atoms with Crippen molar-refractivity contribution in [1.82, 2.24) is 0 Å². The van der Waals surface area contributed by atoms with Crippen LogP contribution in [0.3, 0.4) is 0 Å². The second-order valence-electron chi connectivity index (χ2n) is 5.85. The van der Waals surface area contributed by atoms with Crippen LogP contribution in [0.15, 0.2) is 12.1 Å². The highest BCUT2D eigenvalue weighted by Crippen LogP contribution is 2.47. The second kappa shape index (κ2) is 4.99. The molecule has 0 spiro atoms. The van der Waals surface area contributed by atoms with Gasteiger partial charge in [-0.3, -0.25) is 4.79 Å². The number of amides is 1. The second-order valence-corrected chi connectivity index (χ2v) is 6.69. The minimum atomic E-state index is -0.0750. The molecule has 1 aromatic rings. The number of hydrogen-bond acceptors (Lipinski definition) is 1. The van der Waals surface area contributed by atoms with Gasteiger partial charge in [-0.1, -0.05) is 43.0 Å². The van der Waals surface area contributed by atoms with E-state index in [1.807, 2.05) is 6.07 Å². The molecular formula is C15H17Cl2NO. The van der Waals surface area contributed by atoms with Gasteiger partial charge in [0, 0.05) is 5.02 Å². The highest BCUT2D eigenvalue weighted by Gasteiger charge is 2.39. The lowest BCUT2D eigenvalue weighted by molar-refractivity contribution is -0.118. The molecule has 3 unspecified atom stereocenters. The molecule has 3 atom stereocenters. The Labute approximate surface area is 123 Å². The van der Waals surface area contributed by atoms with Gasteiger partial charge in [-0.05, 0) is 42.4 Å². The SMILES string of the molecule is CC1CCCC(C2C(=O)Nc3c(Cl)cc(Cl)cc32)C1. The van der Waals surface area contributed by atoms with Crippen molar-refractivity contribution in [2.75, 3.05) is 5.32 Å². The van der Waals surface area contributed by atoms with Crippen LogP contribution in [0.4, 0.5) is 5.69 Å². The van der Waals surface area contributed by atoms with Gasteiger partial charge in [-0.15, -0.1) is 0 Å². The largest absolute Gasteiger partial charge is 0.324 e. The predicted octanol–water partition coefficient (Wildman–Crippen LogP) is 4.86. The third kappa shape index (κ3) is 2.36. The molecule has 19 heavy (non-hydrogen) atoms. The van der Waals surface area contributed by atoms with Gasteiger partial charge < -0.3 is 5.32 Å². The number of carbonyl (C=O) groups excluding carboxylic acids is 1. The molecule has 0 bridgehead atoms. The molecule has 1 aromatic carbocycles. The van der Waals surface area contributed by atoms with Crippen LogP contribution in [-0.4, -0.2) is 5.91 Å². The predicted molar refractivity (Wildman–Crippen MR) is 79.0 cm³/mol. The van der Waals surface area contributed by atoms with E-state index in [1.165, 1.54) is 12.8 Å². The van der Waals surface area contributed by atoms with Crippen LogP contribution in [-0.2, 0) is 4.79 Å². The van der Waals surface area contributed by atoms with Crippen LogP contribution in [0.25, 0.3) is 0 Å². The molecule has 102 valence electrons. The molecule has 1 aliphatic heterocycles. The quantitative estimate of drug-likeness (QED) is 0.788. The summed E-state index contributed by atoms with van der Waals surface area (Å²) in [4.78, 5) is 12.3. The minimum absolute atomic E-state index is 0.0750. The number of fused-ring (bicyclic) bond motifs is 1. The van der Waals surface area contributed by atoms with Gasteiger partial charge in [0.2, 0.25) is 5.91 Å². The van der Waals surface area contributed by atoms with Crippen LogP contribution in [0.2, 0.25) is 10.0 Å². The normalized spacial score (nSPS) is 30.1. The maximum absolute atomic E-state index is 12.3. The number of halogens is 2. The summed E-state index contributed by atoms with van der Waals surface area (Å²) in [5.74, 6) is 1.12. The van der Waals surface area contributed by atoms with Crippen LogP contribution in [0.1, 0.15) is 44.1 Å². The van der Waals surface area contributed by atoms with Gasteiger partial charge in [0.1, 0.15) is 0 Å². The lowest BCUT2D eigenvalue weighted by Gasteiger charge is -2.30. The van der Waals surface area contributed by atoms with Gasteiger partial charge in [-0.25, -0.2) is 0 Å². The van der Waals surface area contributed by atoms with Crippen molar-refractivity contribution in [3.05, 3.63) is 27.7 Å². The van der Waals surface area contributed by atoms with Crippen LogP contribution < -0.4 is 5.32 Å². The number of hydrogen-bond donors (Lipinski definition) is 1. The Balaban J connectivity index is 1.98. The minimum Gasteiger partial charge on any atom is -0.324 e. The average Bonchev–Trinajstić information content (AvgIpc) is 2.66. The molecule has 1 aliphatic carbocycles. The Morgan fingerprint density at radius 1 is 1.26 bits per heavy atom. The molecule has 0 aromatic heterocycles. The first kappa shape index (κ1) is 13.3. The molecule has 2 aliphatic rings. The van der Waals surface area contributed by atoms with Gasteiger partial charge in [0.15, 0.2) is 0 Å². The van der Waals surface area contributed by atoms with E-state index in [-0.39, 0.29) is 11.8 Å². The van der Waals surface area contributed by atoms with Gasteiger partial charge in [0.25, 0.3) is 0 Å². The number of benzene rings is 1. The maximum atomic E-state index is 12.3. The summed E-state index contributed by atoms with van der Waals surface area (Å²) in [6.45, 7) is 2.27. The number of carbonyl (C=O) groups is 1. The molecule has 3 rings (SSSR count). The number of rotatable bonds is 1. The van der Waals surface area contributed by atoms with Crippen molar-refractivity contribution in [2.24, 2.45) is 11.8 Å². The Bertz CT molecular complexity index is 529. The van der Waals surface area contributed by atoms with Crippen molar-refractivity contribution in [3.8, 4) is 0 Å². The molecule has 1 amide bonds. The fraction of sp³-hybridized carbons (Fsp3) is 0.533. The molecular weight excluding hydrogens is 281 g/mol. The number of nitrogens with one attached hydrogen (secondary N) is 1. The van der Waals surface area contributed by atoms with Crippen LogP contribution in [0.5, 0.6) is 0 Å². The first-order chi connectivity index (χ1) is 9.06. The first-order valence-corrected chi connectivity index (χ1v) is 7.61. The van der Waals surface area contributed by atoms with Crippen molar-refractivity contribution >= 4 is 34.8 Å². The third-order valence-electron chi connectivity index (χ3n) is 4.40. The van der Waals surface area contributed by atoms with E-state index in [2.05, 4.69) is 12.2 Å². The monoisotopic (exact) mass is 297 g/mol. The van der Waals surface area contributed by atoms with Gasteiger partial charge in [0.05, 0.1) is 16.6 Å². The standard InChI is InChI=1S/C15H17Cl2NO/c1-8-3-2-4-9(5-8)13-11-6-10(16)7-12(17)14(11)18-15(13)19/h6-9,13H,2-5H2,1H3,(H,18,19). The van der Waals surface area contributed by atoms with E-state index in [0.717, 1.165) is 24.1 Å². The Kier molecular flexibility index (Phi) is 3.48. The average molecular weight is 298 g/mol. The van der Waals surface area contributed by atoms with E-state index in [0.29, 0.717) is 21.9 Å². The van der Waals surface area contributed by atoms with E-state index >= 15 is 0 Å². The topological polar surface area (TPSA) is 29.1 Å². The zero-order valence-electron chi connectivity index (χ0n) is 10.9. The summed E-state index contributed by atoms with van der Waals surface area (Å²) < 4.78 is 0. The highest BCUT2D eigenvalue weighted by molar-refractivity contribution is 6.37. The molecule has 0 radical (unpaired) electrons. The summed E-state index contributed by atoms with van der Waals surface area (Å²) in [6.07, 6.45) is 4.71. The molecule has 1 heterocycles. The summed E-state index contributed by atoms with van der Waals surface area (Å²) in [5.41, 5.74) is 1.75. The Hall–Kier alpha value is -0.730. The van der Waals surface area contributed by atoms with E-state index < -0.39 is 0 Å². The first-order valence-electron chi connectivity index (χ1n) is 6.86. The number of anilines is 1.